The van der Waals surface area contributed by atoms with Crippen LogP contribution < -0.4 is 0 Å². The molecular weight excluding hydrogens is 257 g/mol. The Kier molecular flexibility index (Phi) is 12.2. The Hall–Kier alpha value is 2.02. The van der Waals surface area contributed by atoms with Gasteiger partial charge in [0.1, 0.15) is 0 Å². The number of halogens is 3. The van der Waals surface area contributed by atoms with Crippen LogP contribution in [0, 0.1) is 0 Å². The van der Waals surface area contributed by atoms with Gasteiger partial charge in [0.25, 0.3) is 0 Å². The average Bonchev–Trinajstić information content (AvgIpc) is 0.811. The van der Waals surface area contributed by atoms with E-state index in [2.05, 4.69) is 0 Å². The predicted octanol–water partition coefficient (Wildman–Crippen LogP) is 1.42. The maximum absolute atomic E-state index is 5.00. The van der Waals surface area contributed by atoms with Crippen LogP contribution in [0.15, 0.2) is 0 Å². The van der Waals surface area contributed by atoms with Crippen molar-refractivity contribution in [3.05, 3.63) is 0 Å². The van der Waals surface area contributed by atoms with Crippen molar-refractivity contribution in [3.8, 4) is 0 Å². The second-order valence-electron chi connectivity index (χ2n) is 0.214. The van der Waals surface area contributed by atoms with Crippen LogP contribution in [0.3, 0.4) is 0 Å². The van der Waals surface area contributed by atoms with Crippen molar-refractivity contribution in [3.63, 3.8) is 0 Å². The molecule has 0 N–H and O–H groups in total. The summed E-state index contributed by atoms with van der Waals surface area (Å²) in [5.74, 6) is 0. The molecule has 0 aromatic rings. The number of hydrogen-bond donors (Lipinski definition) is 0. The van der Waals surface area contributed by atoms with Gasteiger partial charge in [-0.25, -0.2) is 0 Å². The van der Waals surface area contributed by atoms with Crippen LogP contribution in [-0.2, 0) is 13.5 Å². The molecule has 0 rings (SSSR count). The second-order valence-corrected chi connectivity index (χ2v) is 12.9. The number of thiol groups is 1. The average molecular weight is 258 g/mol. The molecule has 0 bridgehead atoms. The summed E-state index contributed by atoms with van der Waals surface area (Å²) in [5, 5.41) is 0. The molecule has 0 spiro atoms. The van der Waals surface area contributed by atoms with Crippen molar-refractivity contribution in [1.82, 2.24) is 0 Å². The molecule has 0 radical (unpaired) electrons. The van der Waals surface area contributed by atoms with E-state index in [1.807, 2.05) is 0 Å². The van der Waals surface area contributed by atoms with Gasteiger partial charge in [0, 0.05) is 0 Å². The third-order valence-corrected chi connectivity index (χ3v) is 0. The Morgan fingerprint density at radius 2 is 1.00 bits per heavy atom. The van der Waals surface area contributed by atoms with E-state index in [1.165, 1.54) is 0 Å². The summed E-state index contributed by atoms with van der Waals surface area (Å²) >= 11 is -2.13. The smallest absolute Gasteiger partial charge is 0.813 e. The van der Waals surface area contributed by atoms with E-state index in [0.29, 0.717) is 0 Å². The molecule has 0 nitrogen and oxygen atoms in total. The Morgan fingerprint density at radius 3 is 1.00 bits per heavy atom. The number of hydrogen-bond acceptors (Lipinski definition) is 1. The van der Waals surface area contributed by atoms with E-state index >= 15 is 0 Å². The van der Waals surface area contributed by atoms with Gasteiger partial charge < -0.3 is 13.5 Å². The van der Waals surface area contributed by atoms with Gasteiger partial charge >= 0.3 is 43.1 Å². The molecule has 0 aromatic carbocycles. The Balaban J connectivity index is 0. The first-order valence-corrected chi connectivity index (χ1v) is 11.4. The van der Waals surface area contributed by atoms with E-state index in [-0.39, 0.29) is 13.5 Å². The number of rotatable bonds is 0. The molecule has 0 amide bonds. The van der Waals surface area contributed by atoms with Crippen LogP contribution >= 0.6 is 26.8 Å². The quantitative estimate of drug-likeness (QED) is 0.360. The van der Waals surface area contributed by atoms with Crippen LogP contribution in [0.1, 0.15) is 0 Å². The summed E-state index contributed by atoms with van der Waals surface area (Å²) < 4.78 is 0. The molecule has 0 aliphatic carbocycles. The first kappa shape index (κ1) is 10.1. The Bertz CT molecular complexity index is 11.6. The summed E-state index contributed by atoms with van der Waals surface area (Å²) in [6, 6.07) is 0. The van der Waals surface area contributed by atoms with Gasteiger partial charge in [0.2, 0.25) is 0 Å². The van der Waals surface area contributed by atoms with Crippen LogP contribution in [-0.4, -0.2) is 16.4 Å². The minimum Gasteiger partial charge on any atom is -0.813 e. The van der Waals surface area contributed by atoms with Crippen molar-refractivity contribution in [2.75, 3.05) is 0 Å². The molecule has 0 saturated heterocycles. The van der Waals surface area contributed by atoms with Gasteiger partial charge in [0.15, 0.2) is 0 Å². The van der Waals surface area contributed by atoms with Crippen LogP contribution in [0.4, 0.5) is 0 Å². The van der Waals surface area contributed by atoms with Gasteiger partial charge in [-0.3, -0.25) is 0 Å². The Labute approximate surface area is 56.1 Å². The maximum Gasteiger partial charge on any atom is -0.813 e. The Morgan fingerprint density at radius 1 is 1.00 bits per heavy atom. The molecule has 32 valence electrons. The molecule has 0 atom stereocenters. The normalized spacial score (nSPS) is 5.40. The minimum atomic E-state index is -2.13. The summed E-state index contributed by atoms with van der Waals surface area (Å²) in [5.41, 5.74) is 0. The summed E-state index contributed by atoms with van der Waals surface area (Å²) in [6.07, 6.45) is 0. The molecule has 0 aliphatic heterocycles. The zero-order valence-electron chi connectivity index (χ0n) is 2.08. The molecular formula is HCl3SSn. The second kappa shape index (κ2) is 6.02. The molecule has 0 aromatic heterocycles. The van der Waals surface area contributed by atoms with Crippen molar-refractivity contribution >= 4 is 56.6 Å². The molecule has 5 heteroatoms. The fourth-order valence-corrected chi connectivity index (χ4v) is 0. The summed E-state index contributed by atoms with van der Waals surface area (Å²) in [6.45, 7) is 0. The van der Waals surface area contributed by atoms with Gasteiger partial charge in [-0.2, -0.15) is 0 Å². The maximum atomic E-state index is 5.00. The van der Waals surface area contributed by atoms with E-state index in [4.69, 9.17) is 26.8 Å². The minimum absolute atomic E-state index is 0. The summed E-state index contributed by atoms with van der Waals surface area (Å²) in [7, 11) is 15.0. The molecule has 0 fully saturated rings. The van der Waals surface area contributed by atoms with Crippen molar-refractivity contribution in [2.24, 2.45) is 0 Å². The monoisotopic (exact) mass is 258 g/mol. The topological polar surface area (TPSA) is 0 Å². The van der Waals surface area contributed by atoms with Gasteiger partial charge in [-0.15, -0.1) is 0 Å². The largest absolute Gasteiger partial charge is 0.813 e. The van der Waals surface area contributed by atoms with Gasteiger partial charge in [0.05, 0.1) is 0 Å². The van der Waals surface area contributed by atoms with E-state index < -0.39 is 16.4 Å². The molecule has 0 heterocycles. The molecule has 0 aliphatic rings. The SMILES string of the molecule is [Cl][Sn+]([Cl])[Cl].[SH-]. The predicted molar refractivity (Wildman–Crippen MR) is 32.1 cm³/mol. The molecule has 0 unspecified atom stereocenters. The summed E-state index contributed by atoms with van der Waals surface area (Å²) in [4.78, 5) is 0. The van der Waals surface area contributed by atoms with E-state index in [1.54, 1.807) is 0 Å². The molecule has 0 saturated carbocycles. The fourth-order valence-electron chi connectivity index (χ4n) is 0. The van der Waals surface area contributed by atoms with Gasteiger partial charge in [-0.1, -0.05) is 0 Å². The first-order chi connectivity index (χ1) is 1.73. The zero-order valence-corrected chi connectivity index (χ0v) is 8.10. The third-order valence-electron chi connectivity index (χ3n) is 0. The first-order valence-electron chi connectivity index (χ1n) is 0.567. The fraction of sp³-hybridized carbons (Fsp3) is 0. The van der Waals surface area contributed by atoms with Crippen LogP contribution in [0.5, 0.6) is 0 Å². The van der Waals surface area contributed by atoms with Crippen molar-refractivity contribution in [1.29, 1.82) is 0 Å². The standard InChI is InChI=1S/3ClH.H2S.Sn/h3*1H;1H2;/q;;;;+4/p-4. The van der Waals surface area contributed by atoms with E-state index in [9.17, 15) is 0 Å². The van der Waals surface area contributed by atoms with Crippen molar-refractivity contribution < 1.29 is 0 Å². The van der Waals surface area contributed by atoms with Crippen molar-refractivity contribution in [2.45, 2.75) is 0 Å². The van der Waals surface area contributed by atoms with Crippen LogP contribution in [0.2, 0.25) is 0 Å². The zero-order chi connectivity index (χ0) is 3.58. The third kappa shape index (κ3) is 23.9. The van der Waals surface area contributed by atoms with E-state index in [0.717, 1.165) is 0 Å². The van der Waals surface area contributed by atoms with Crippen LogP contribution in [0.25, 0.3) is 0 Å². The van der Waals surface area contributed by atoms with Gasteiger partial charge in [-0.05, 0) is 0 Å². The molecule has 5 heavy (non-hydrogen) atoms.